The van der Waals surface area contributed by atoms with Gasteiger partial charge < -0.3 is 0 Å². The lowest BCUT2D eigenvalue weighted by Gasteiger charge is -2.54. The summed E-state index contributed by atoms with van der Waals surface area (Å²) in [5.41, 5.74) is 11.8. The van der Waals surface area contributed by atoms with Crippen molar-refractivity contribution < 1.29 is 0 Å². The molecule has 2 aliphatic rings. The minimum atomic E-state index is -2.60. The fourth-order valence-electron chi connectivity index (χ4n) is 15.1. The van der Waals surface area contributed by atoms with Crippen molar-refractivity contribution in [2.75, 3.05) is 0 Å². The highest BCUT2D eigenvalue weighted by Gasteiger charge is 2.68. The summed E-state index contributed by atoms with van der Waals surface area (Å²) in [6.07, 6.45) is 4.95. The Hall–Kier alpha value is -8.10. The summed E-state index contributed by atoms with van der Waals surface area (Å²) >= 11 is 0. The second kappa shape index (κ2) is 15.9. The molecule has 15 rings (SSSR count). The standard InChI is InChI=1S/C72H54Si/c1-71-42-15-16-43-72(71,2)73(51-26-5-3-6-27-51,52-28-7-4-8-29-52)68-41-36-50(44-67(68)71)63-45-64(56-33-17-23-47-20-9-12-30-53(47)56)60-39-40-62-66(58-35-19-25-49-22-11-14-32-55(49)58)46-65(61-38-37-59(63)69(60)70(61)62)57-34-18-24-48-21-10-13-31-54(48)57/h3-14,17-41,44-46H,15-16,42-43H2,1-2H3. The van der Waals surface area contributed by atoms with Crippen LogP contribution in [0, 0.1) is 0 Å². The lowest BCUT2D eigenvalue weighted by molar-refractivity contribution is 0.241. The third kappa shape index (κ3) is 5.83. The molecule has 0 amide bonds. The number of rotatable bonds is 6. The molecule has 1 aliphatic carbocycles. The summed E-state index contributed by atoms with van der Waals surface area (Å²) in [6.45, 7) is 5.36. The highest BCUT2D eigenvalue weighted by molar-refractivity contribution is 7.14. The molecule has 1 fully saturated rings. The van der Waals surface area contributed by atoms with Crippen molar-refractivity contribution in [2.45, 2.75) is 50.0 Å². The first-order chi connectivity index (χ1) is 36.0. The van der Waals surface area contributed by atoms with Crippen LogP contribution in [0.2, 0.25) is 5.04 Å². The third-order valence-corrected chi connectivity index (χ3v) is 24.6. The van der Waals surface area contributed by atoms with Crippen molar-refractivity contribution in [3.05, 3.63) is 248 Å². The van der Waals surface area contributed by atoms with Gasteiger partial charge in [-0.15, -0.1) is 0 Å². The van der Waals surface area contributed by atoms with Gasteiger partial charge >= 0.3 is 0 Å². The van der Waals surface area contributed by atoms with Gasteiger partial charge in [0, 0.05) is 0 Å². The van der Waals surface area contributed by atoms with E-state index in [1.165, 1.54) is 145 Å². The minimum Gasteiger partial charge on any atom is -0.0624 e. The van der Waals surface area contributed by atoms with Gasteiger partial charge in [0.25, 0.3) is 0 Å². The Morgan fingerprint density at radius 3 is 1.19 bits per heavy atom. The summed E-state index contributed by atoms with van der Waals surface area (Å²) in [7, 11) is -2.60. The van der Waals surface area contributed by atoms with Crippen LogP contribution in [0.5, 0.6) is 0 Å². The first-order valence-electron chi connectivity index (χ1n) is 26.5. The molecule has 0 spiro atoms. The van der Waals surface area contributed by atoms with Gasteiger partial charge in [-0.25, -0.2) is 0 Å². The van der Waals surface area contributed by atoms with E-state index in [9.17, 15) is 0 Å². The van der Waals surface area contributed by atoms with Gasteiger partial charge in [0.2, 0.25) is 0 Å². The molecule has 13 aromatic carbocycles. The SMILES string of the molecule is CC12CCCCC1(C)[Si](c1ccccc1)(c1ccccc1)c1ccc(-c3cc(-c4cccc5ccccc45)c4ccc5c(-c6cccc7ccccc67)cc(-c6cccc7ccccc67)c6ccc3c4c65)cc12. The van der Waals surface area contributed by atoms with Crippen molar-refractivity contribution in [1.82, 2.24) is 0 Å². The first kappa shape index (κ1) is 42.6. The molecule has 1 heterocycles. The average Bonchev–Trinajstić information content (AvgIpc) is 3.79. The first-order valence-corrected chi connectivity index (χ1v) is 28.5. The van der Waals surface area contributed by atoms with Gasteiger partial charge in [-0.05, 0) is 166 Å². The van der Waals surface area contributed by atoms with Crippen molar-refractivity contribution in [3.8, 4) is 44.5 Å². The van der Waals surface area contributed by atoms with Crippen LogP contribution in [0.4, 0.5) is 0 Å². The number of fused-ring (bicyclic) bond motifs is 6. The van der Waals surface area contributed by atoms with E-state index in [1.54, 1.807) is 10.8 Å². The van der Waals surface area contributed by atoms with Gasteiger partial charge in [-0.2, -0.15) is 0 Å². The normalized spacial score (nSPS) is 18.3. The van der Waals surface area contributed by atoms with E-state index >= 15 is 0 Å². The molecule has 13 aromatic rings. The molecule has 0 nitrogen and oxygen atoms in total. The highest BCUT2D eigenvalue weighted by Crippen LogP contribution is 2.66. The van der Waals surface area contributed by atoms with E-state index in [2.05, 4.69) is 257 Å². The minimum absolute atomic E-state index is 0.00252. The fourth-order valence-corrected chi connectivity index (χ4v) is 22.0. The average molecular weight is 947 g/mol. The Bertz CT molecular complexity index is 4200. The van der Waals surface area contributed by atoms with Crippen LogP contribution < -0.4 is 15.6 Å². The van der Waals surface area contributed by atoms with Gasteiger partial charge in [0.1, 0.15) is 0 Å². The monoisotopic (exact) mass is 946 g/mol. The lowest BCUT2D eigenvalue weighted by Crippen LogP contribution is -2.72. The molecule has 2 unspecified atom stereocenters. The Morgan fingerprint density at radius 1 is 0.315 bits per heavy atom. The molecule has 0 radical (unpaired) electrons. The Balaban J connectivity index is 1.09. The van der Waals surface area contributed by atoms with E-state index in [0.29, 0.717) is 0 Å². The molecule has 1 aliphatic heterocycles. The molecule has 1 heteroatoms. The molecular formula is C72H54Si. The van der Waals surface area contributed by atoms with E-state index in [-0.39, 0.29) is 10.5 Å². The van der Waals surface area contributed by atoms with Crippen LogP contribution in [-0.4, -0.2) is 8.07 Å². The largest absolute Gasteiger partial charge is 0.155 e. The predicted molar refractivity (Wildman–Crippen MR) is 316 cm³/mol. The van der Waals surface area contributed by atoms with Gasteiger partial charge in [-0.3, -0.25) is 0 Å². The van der Waals surface area contributed by atoms with E-state index < -0.39 is 8.07 Å². The van der Waals surface area contributed by atoms with E-state index in [1.807, 2.05) is 0 Å². The summed E-state index contributed by atoms with van der Waals surface area (Å²) in [6, 6.07) is 93.5. The molecular weight excluding hydrogens is 893 g/mol. The second-order valence-corrected chi connectivity index (χ2v) is 26.0. The predicted octanol–water partition coefficient (Wildman–Crippen LogP) is 17.8. The highest BCUT2D eigenvalue weighted by atomic mass is 28.3. The molecule has 0 bridgehead atoms. The number of hydrogen-bond acceptors (Lipinski definition) is 0. The maximum atomic E-state index is 2.70. The van der Waals surface area contributed by atoms with Crippen molar-refractivity contribution in [1.29, 1.82) is 0 Å². The summed E-state index contributed by atoms with van der Waals surface area (Å²) in [4.78, 5) is 0. The summed E-state index contributed by atoms with van der Waals surface area (Å²) < 4.78 is 0. The van der Waals surface area contributed by atoms with Crippen molar-refractivity contribution in [2.24, 2.45) is 0 Å². The maximum absolute atomic E-state index is 2.70. The fraction of sp³-hybridized carbons (Fsp3) is 0.111. The smallest absolute Gasteiger partial charge is 0.0624 e. The summed E-state index contributed by atoms with van der Waals surface area (Å²) in [5, 5.41) is 20.2. The third-order valence-electron chi connectivity index (χ3n) is 18.5. The Kier molecular flexibility index (Phi) is 9.30. The van der Waals surface area contributed by atoms with Crippen LogP contribution in [0.15, 0.2) is 243 Å². The topological polar surface area (TPSA) is 0 Å². The van der Waals surface area contributed by atoms with Crippen LogP contribution >= 0.6 is 0 Å². The van der Waals surface area contributed by atoms with Crippen molar-refractivity contribution >= 4 is 88.3 Å². The maximum Gasteiger partial charge on any atom is 0.155 e. The second-order valence-electron chi connectivity index (χ2n) is 21.7. The number of hydrogen-bond donors (Lipinski definition) is 0. The molecule has 0 saturated heterocycles. The summed E-state index contributed by atoms with van der Waals surface area (Å²) in [5.74, 6) is 0. The quantitative estimate of drug-likeness (QED) is 0.115. The zero-order chi connectivity index (χ0) is 48.5. The van der Waals surface area contributed by atoms with Crippen LogP contribution in [0.3, 0.4) is 0 Å². The molecule has 1 saturated carbocycles. The molecule has 346 valence electrons. The lowest BCUT2D eigenvalue weighted by atomic mass is 9.64. The molecule has 0 N–H and O–H groups in total. The molecule has 0 aromatic heterocycles. The van der Waals surface area contributed by atoms with Crippen molar-refractivity contribution in [3.63, 3.8) is 0 Å². The Morgan fingerprint density at radius 2 is 0.712 bits per heavy atom. The van der Waals surface area contributed by atoms with E-state index in [4.69, 9.17) is 0 Å². The zero-order valence-corrected chi connectivity index (χ0v) is 42.4. The number of benzene rings is 13. The Labute approximate surface area is 428 Å². The van der Waals surface area contributed by atoms with E-state index in [0.717, 1.165) is 0 Å². The van der Waals surface area contributed by atoms with Gasteiger partial charge in [0.15, 0.2) is 8.07 Å². The molecule has 73 heavy (non-hydrogen) atoms. The van der Waals surface area contributed by atoms with Gasteiger partial charge in [0.05, 0.1) is 0 Å². The van der Waals surface area contributed by atoms with Gasteiger partial charge in [-0.1, -0.05) is 257 Å². The van der Waals surface area contributed by atoms with Crippen LogP contribution in [0.25, 0.3) is 109 Å². The van der Waals surface area contributed by atoms with Crippen LogP contribution in [-0.2, 0) is 5.41 Å². The zero-order valence-electron chi connectivity index (χ0n) is 41.4. The van der Waals surface area contributed by atoms with Crippen LogP contribution in [0.1, 0.15) is 45.1 Å². The molecule has 2 atom stereocenters.